The molecular formula is C28H50O3. The van der Waals surface area contributed by atoms with Crippen LogP contribution in [0.15, 0.2) is 30.3 Å². The molecule has 180 valence electrons. The normalized spacial score (nSPS) is 13.6. The van der Waals surface area contributed by atoms with Gasteiger partial charge in [0.05, 0.1) is 16.8 Å². The Hall–Kier alpha value is -0.900. The molecule has 0 aliphatic rings. The maximum atomic E-state index is 6.43. The number of hydrogen-bond acceptors (Lipinski definition) is 3. The zero-order valence-electron chi connectivity index (χ0n) is 22.0. The van der Waals surface area contributed by atoms with Gasteiger partial charge >= 0.3 is 0 Å². The minimum atomic E-state index is -1.02. The Balaban J connectivity index is 2.46. The SMILES string of the molecule is CC(C)(C)OC(CCCCCCCCCc1ccccc1)(OC(C)(C)C)OC(C)(C)C. The Morgan fingerprint density at radius 3 is 1.32 bits per heavy atom. The average Bonchev–Trinajstić information content (AvgIpc) is 2.56. The second kappa shape index (κ2) is 12.4. The van der Waals surface area contributed by atoms with Crippen LogP contribution in [-0.2, 0) is 20.6 Å². The van der Waals surface area contributed by atoms with E-state index in [4.69, 9.17) is 14.2 Å². The lowest BCUT2D eigenvalue weighted by molar-refractivity contribution is -0.449. The Morgan fingerprint density at radius 1 is 0.516 bits per heavy atom. The molecule has 1 rings (SSSR count). The summed E-state index contributed by atoms with van der Waals surface area (Å²) >= 11 is 0. The van der Waals surface area contributed by atoms with Crippen LogP contribution in [0.25, 0.3) is 0 Å². The van der Waals surface area contributed by atoms with Crippen molar-refractivity contribution in [2.75, 3.05) is 0 Å². The second-order valence-electron chi connectivity index (χ2n) is 11.8. The second-order valence-corrected chi connectivity index (χ2v) is 11.8. The van der Waals surface area contributed by atoms with E-state index in [0.29, 0.717) is 0 Å². The zero-order valence-corrected chi connectivity index (χ0v) is 22.0. The van der Waals surface area contributed by atoms with Crippen LogP contribution in [0.5, 0.6) is 0 Å². The first-order valence-corrected chi connectivity index (χ1v) is 12.3. The van der Waals surface area contributed by atoms with Crippen LogP contribution in [0.3, 0.4) is 0 Å². The number of unbranched alkanes of at least 4 members (excludes halogenated alkanes) is 6. The first-order valence-electron chi connectivity index (χ1n) is 12.3. The third-order valence-corrected chi connectivity index (χ3v) is 4.68. The van der Waals surface area contributed by atoms with Gasteiger partial charge in [-0.25, -0.2) is 0 Å². The molecule has 0 spiro atoms. The molecule has 0 atom stereocenters. The largest absolute Gasteiger partial charge is 0.322 e. The summed E-state index contributed by atoms with van der Waals surface area (Å²) in [5.74, 6) is -1.02. The molecule has 0 aromatic heterocycles. The molecule has 0 saturated heterocycles. The Kier molecular flexibility index (Phi) is 11.2. The van der Waals surface area contributed by atoms with Crippen molar-refractivity contribution in [3.63, 3.8) is 0 Å². The van der Waals surface area contributed by atoms with Gasteiger partial charge in [0.2, 0.25) is 0 Å². The summed E-state index contributed by atoms with van der Waals surface area (Å²) in [6.45, 7) is 18.6. The predicted octanol–water partition coefficient (Wildman–Crippen LogP) is 8.45. The predicted molar refractivity (Wildman–Crippen MR) is 132 cm³/mol. The highest BCUT2D eigenvalue weighted by Crippen LogP contribution is 2.36. The van der Waals surface area contributed by atoms with Gasteiger partial charge in [-0.2, -0.15) is 0 Å². The number of rotatable bonds is 13. The van der Waals surface area contributed by atoms with Crippen molar-refractivity contribution in [1.29, 1.82) is 0 Å². The molecular weight excluding hydrogens is 384 g/mol. The lowest BCUT2D eigenvalue weighted by atomic mass is 10.0. The monoisotopic (exact) mass is 434 g/mol. The molecule has 31 heavy (non-hydrogen) atoms. The van der Waals surface area contributed by atoms with E-state index in [0.717, 1.165) is 12.8 Å². The molecule has 0 amide bonds. The molecule has 0 bridgehead atoms. The van der Waals surface area contributed by atoms with Gasteiger partial charge in [-0.15, -0.1) is 0 Å². The molecule has 0 heterocycles. The smallest absolute Gasteiger partial charge is 0.284 e. The molecule has 0 radical (unpaired) electrons. The third kappa shape index (κ3) is 14.7. The van der Waals surface area contributed by atoms with Crippen LogP contribution in [0.4, 0.5) is 0 Å². The summed E-state index contributed by atoms with van der Waals surface area (Å²) in [6.07, 6.45) is 10.6. The molecule has 3 nitrogen and oxygen atoms in total. The highest BCUT2D eigenvalue weighted by molar-refractivity contribution is 5.14. The molecule has 1 aromatic carbocycles. The number of ether oxygens (including phenoxy) is 3. The van der Waals surface area contributed by atoms with E-state index >= 15 is 0 Å². The maximum absolute atomic E-state index is 6.43. The summed E-state index contributed by atoms with van der Waals surface area (Å²) < 4.78 is 19.3. The lowest BCUT2D eigenvalue weighted by Gasteiger charge is -2.45. The number of hydrogen-bond donors (Lipinski definition) is 0. The molecule has 0 aliphatic carbocycles. The minimum Gasteiger partial charge on any atom is -0.322 e. The zero-order chi connectivity index (χ0) is 23.6. The van der Waals surface area contributed by atoms with Crippen molar-refractivity contribution >= 4 is 0 Å². The Labute approximate surface area is 193 Å². The van der Waals surface area contributed by atoms with Gasteiger partial charge in [0.15, 0.2) is 0 Å². The maximum Gasteiger partial charge on any atom is 0.284 e. The molecule has 0 aliphatic heterocycles. The summed E-state index contributed by atoms with van der Waals surface area (Å²) in [4.78, 5) is 0. The van der Waals surface area contributed by atoms with Crippen molar-refractivity contribution in [1.82, 2.24) is 0 Å². The highest BCUT2D eigenvalue weighted by Gasteiger charge is 2.43. The summed E-state index contributed by atoms with van der Waals surface area (Å²) in [6, 6.07) is 10.8. The molecule has 0 N–H and O–H groups in total. The van der Waals surface area contributed by atoms with Crippen molar-refractivity contribution < 1.29 is 14.2 Å². The lowest BCUT2D eigenvalue weighted by Crippen LogP contribution is -2.52. The van der Waals surface area contributed by atoms with E-state index in [1.165, 1.54) is 50.5 Å². The fraction of sp³-hybridized carbons (Fsp3) is 0.786. The van der Waals surface area contributed by atoms with Crippen molar-refractivity contribution in [3.05, 3.63) is 35.9 Å². The van der Waals surface area contributed by atoms with E-state index in [1.807, 2.05) is 0 Å². The molecule has 0 fully saturated rings. The topological polar surface area (TPSA) is 27.7 Å². The standard InChI is InChI=1S/C28H50O3/c1-25(2,3)29-28(30-26(4,5)6,31-27(7,8)9)23-19-14-12-10-11-13-16-20-24-21-17-15-18-22-24/h15,17-18,21-22H,10-14,16,19-20,23H2,1-9H3. The van der Waals surface area contributed by atoms with Crippen LogP contribution in [-0.4, -0.2) is 22.8 Å². The van der Waals surface area contributed by atoms with E-state index in [2.05, 4.69) is 92.6 Å². The van der Waals surface area contributed by atoms with Crippen LogP contribution < -0.4 is 0 Å². The van der Waals surface area contributed by atoms with Crippen LogP contribution in [0.2, 0.25) is 0 Å². The van der Waals surface area contributed by atoms with Gasteiger partial charge in [-0.05, 0) is 87.1 Å². The summed E-state index contributed by atoms with van der Waals surface area (Å²) in [5.41, 5.74) is 0.398. The molecule has 0 unspecified atom stereocenters. The minimum absolute atomic E-state index is 0.352. The quantitative estimate of drug-likeness (QED) is 0.230. The van der Waals surface area contributed by atoms with Crippen molar-refractivity contribution in [2.45, 2.75) is 143 Å². The van der Waals surface area contributed by atoms with E-state index in [1.54, 1.807) is 0 Å². The van der Waals surface area contributed by atoms with Gasteiger partial charge in [0.1, 0.15) is 0 Å². The third-order valence-electron chi connectivity index (χ3n) is 4.68. The molecule has 0 saturated carbocycles. The van der Waals surface area contributed by atoms with Crippen LogP contribution in [0.1, 0.15) is 119 Å². The summed E-state index contributed by atoms with van der Waals surface area (Å²) in [7, 11) is 0. The van der Waals surface area contributed by atoms with Crippen LogP contribution in [0, 0.1) is 0 Å². The summed E-state index contributed by atoms with van der Waals surface area (Å²) in [5, 5.41) is 0. The van der Waals surface area contributed by atoms with Crippen molar-refractivity contribution in [3.8, 4) is 0 Å². The fourth-order valence-corrected chi connectivity index (χ4v) is 3.81. The first kappa shape index (κ1) is 28.1. The average molecular weight is 435 g/mol. The van der Waals surface area contributed by atoms with Gasteiger partial charge < -0.3 is 14.2 Å². The Morgan fingerprint density at radius 2 is 0.903 bits per heavy atom. The van der Waals surface area contributed by atoms with Crippen molar-refractivity contribution in [2.24, 2.45) is 0 Å². The highest BCUT2D eigenvalue weighted by atomic mass is 16.9. The first-order chi connectivity index (χ1) is 14.2. The van der Waals surface area contributed by atoms with Crippen LogP contribution >= 0.6 is 0 Å². The van der Waals surface area contributed by atoms with Gasteiger partial charge in [0, 0.05) is 6.42 Å². The van der Waals surface area contributed by atoms with Gasteiger partial charge in [-0.3, -0.25) is 0 Å². The van der Waals surface area contributed by atoms with Gasteiger partial charge in [0.25, 0.3) is 5.97 Å². The van der Waals surface area contributed by atoms with E-state index in [-0.39, 0.29) is 16.8 Å². The molecule has 1 aromatic rings. The van der Waals surface area contributed by atoms with E-state index < -0.39 is 5.97 Å². The van der Waals surface area contributed by atoms with Gasteiger partial charge in [-0.1, -0.05) is 62.4 Å². The molecule has 3 heteroatoms. The van der Waals surface area contributed by atoms with E-state index in [9.17, 15) is 0 Å². The number of aryl methyl sites for hydroxylation is 1. The Bertz CT molecular complexity index is 547. The number of benzene rings is 1. The fourth-order valence-electron chi connectivity index (χ4n) is 3.81.